The predicted octanol–water partition coefficient (Wildman–Crippen LogP) is 15.2. The minimum atomic E-state index is 0.0217. The van der Waals surface area contributed by atoms with Crippen LogP contribution in [0.1, 0.15) is 93.8 Å². The highest BCUT2D eigenvalue weighted by Crippen LogP contribution is 2.42. The zero-order chi connectivity index (χ0) is 41.6. The summed E-state index contributed by atoms with van der Waals surface area (Å²) in [6.45, 7) is 24.5. The van der Waals surface area contributed by atoms with Crippen LogP contribution in [0, 0.1) is 41.5 Å². The number of benzene rings is 7. The number of rotatable bonds is 15. The Kier molecular flexibility index (Phi) is 12.7. The van der Waals surface area contributed by atoms with Gasteiger partial charge in [-0.1, -0.05) is 141 Å². The second-order valence-electron chi connectivity index (χ2n) is 16.5. The molecule has 0 unspecified atom stereocenters. The van der Waals surface area contributed by atoms with Gasteiger partial charge in [-0.05, 0) is 140 Å². The fourth-order valence-corrected chi connectivity index (χ4v) is 9.33. The zero-order valence-corrected chi connectivity index (χ0v) is 36.5. The van der Waals surface area contributed by atoms with Gasteiger partial charge in [0.25, 0.3) is 0 Å². The Morgan fingerprint density at radius 1 is 0.542 bits per heavy atom. The lowest BCUT2D eigenvalue weighted by Crippen LogP contribution is -2.20. The maximum Gasteiger partial charge on any atom is 0.0470 e. The Hall–Kier alpha value is -6.06. The summed E-state index contributed by atoms with van der Waals surface area (Å²) in [6.07, 6.45) is 4.01. The van der Waals surface area contributed by atoms with Gasteiger partial charge in [-0.3, -0.25) is 0 Å². The number of hydrogen-bond donors (Lipinski definition) is 1. The van der Waals surface area contributed by atoms with E-state index in [1.807, 2.05) is 6.08 Å². The molecule has 0 spiro atoms. The quantitative estimate of drug-likeness (QED) is 0.105. The van der Waals surface area contributed by atoms with Gasteiger partial charge in [0, 0.05) is 59.4 Å². The van der Waals surface area contributed by atoms with Crippen molar-refractivity contribution in [2.24, 2.45) is 0 Å². The number of anilines is 5. The van der Waals surface area contributed by atoms with E-state index in [2.05, 4.69) is 211 Å². The van der Waals surface area contributed by atoms with Crippen molar-refractivity contribution in [3.8, 4) is 0 Å². The molecule has 0 aliphatic heterocycles. The third-order valence-electron chi connectivity index (χ3n) is 11.7. The van der Waals surface area contributed by atoms with Crippen LogP contribution in [0.3, 0.4) is 0 Å². The zero-order valence-electron chi connectivity index (χ0n) is 36.5. The molecule has 1 N–H and O–H groups in total. The van der Waals surface area contributed by atoms with Crippen LogP contribution < -0.4 is 15.1 Å². The molecule has 0 aromatic heterocycles. The highest BCUT2D eigenvalue weighted by Gasteiger charge is 2.23. The fraction of sp³-hybridized carbons (Fsp3) is 0.250. The van der Waals surface area contributed by atoms with Crippen molar-refractivity contribution < 1.29 is 0 Å². The van der Waals surface area contributed by atoms with E-state index in [9.17, 15) is 0 Å². The van der Waals surface area contributed by atoms with Crippen LogP contribution in [0.25, 0.3) is 16.8 Å². The van der Waals surface area contributed by atoms with Crippen LogP contribution in [-0.4, -0.2) is 13.1 Å². The second kappa shape index (κ2) is 18.2. The van der Waals surface area contributed by atoms with Crippen LogP contribution in [0.15, 0.2) is 140 Å². The molecule has 0 bridgehead atoms. The third kappa shape index (κ3) is 8.86. The molecule has 0 aliphatic rings. The molecule has 3 heteroatoms. The Morgan fingerprint density at radius 2 is 1.00 bits per heavy atom. The monoisotopic (exact) mass is 775 g/mol. The van der Waals surface area contributed by atoms with Crippen LogP contribution in [0.5, 0.6) is 0 Å². The molecule has 59 heavy (non-hydrogen) atoms. The van der Waals surface area contributed by atoms with E-state index >= 15 is 0 Å². The molecule has 7 rings (SSSR count). The Labute approximate surface area is 354 Å². The van der Waals surface area contributed by atoms with Gasteiger partial charge in [-0.25, -0.2) is 0 Å². The Morgan fingerprint density at radius 3 is 1.44 bits per heavy atom. The largest absolute Gasteiger partial charge is 0.380 e. The first-order valence-corrected chi connectivity index (χ1v) is 21.5. The first-order valence-electron chi connectivity index (χ1n) is 21.5. The van der Waals surface area contributed by atoms with E-state index in [-0.39, 0.29) is 5.92 Å². The summed E-state index contributed by atoms with van der Waals surface area (Å²) in [5, 5.41) is 6.26. The van der Waals surface area contributed by atoms with E-state index in [1.54, 1.807) is 0 Å². The summed E-state index contributed by atoms with van der Waals surface area (Å²) >= 11 is 0. The molecule has 3 nitrogen and oxygen atoms in total. The van der Waals surface area contributed by atoms with Crippen LogP contribution in [0.2, 0.25) is 0 Å². The lowest BCUT2D eigenvalue weighted by atomic mass is 9.82. The molecular weight excluding hydrogens is 715 g/mol. The number of hydrogen-bond acceptors (Lipinski definition) is 3. The molecule has 0 fully saturated rings. The molecule has 0 aliphatic carbocycles. The van der Waals surface area contributed by atoms with E-state index in [0.717, 1.165) is 43.7 Å². The van der Waals surface area contributed by atoms with Gasteiger partial charge in [0.05, 0.1) is 0 Å². The van der Waals surface area contributed by atoms with Gasteiger partial charge in [0.1, 0.15) is 0 Å². The summed E-state index contributed by atoms with van der Waals surface area (Å²) in [5.41, 5.74) is 20.3. The summed E-state index contributed by atoms with van der Waals surface area (Å²) in [4.78, 5) is 5.02. The van der Waals surface area contributed by atoms with Crippen LogP contribution in [-0.2, 0) is 6.54 Å². The van der Waals surface area contributed by atoms with Gasteiger partial charge < -0.3 is 15.1 Å². The molecule has 300 valence electrons. The van der Waals surface area contributed by atoms with Gasteiger partial charge in [0.15, 0.2) is 0 Å². The third-order valence-corrected chi connectivity index (χ3v) is 11.7. The molecule has 0 heterocycles. The minimum absolute atomic E-state index is 0.0217. The van der Waals surface area contributed by atoms with E-state index in [1.165, 1.54) is 89.2 Å². The summed E-state index contributed by atoms with van der Waals surface area (Å²) in [5.74, 6) is 0.0217. The Balaban J connectivity index is 1.32. The summed E-state index contributed by atoms with van der Waals surface area (Å²) in [6, 6.07) is 50.2. The number of nitrogens with one attached hydrogen (secondary N) is 1. The van der Waals surface area contributed by atoms with Crippen molar-refractivity contribution in [1.29, 1.82) is 0 Å². The number of fused-ring (bicyclic) bond motifs is 1. The molecule has 7 aromatic carbocycles. The predicted molar refractivity (Wildman–Crippen MR) is 258 cm³/mol. The lowest BCUT2D eigenvalue weighted by Gasteiger charge is -2.30. The Bertz CT molecular complexity index is 2390. The number of aryl methyl sites for hydroxylation is 6. The second-order valence-corrected chi connectivity index (χ2v) is 16.5. The van der Waals surface area contributed by atoms with Crippen molar-refractivity contribution in [2.45, 2.75) is 80.7 Å². The molecule has 0 saturated carbocycles. The highest BCUT2D eigenvalue weighted by atomic mass is 15.1. The van der Waals surface area contributed by atoms with Gasteiger partial charge >= 0.3 is 0 Å². The maximum atomic E-state index is 3.92. The first kappa shape index (κ1) is 41.1. The average molecular weight is 776 g/mol. The molecule has 0 amide bonds. The van der Waals surface area contributed by atoms with Gasteiger partial charge in [-0.15, -0.1) is 0 Å². The van der Waals surface area contributed by atoms with Crippen molar-refractivity contribution >= 4 is 45.3 Å². The van der Waals surface area contributed by atoms with E-state index < -0.39 is 0 Å². The lowest BCUT2D eigenvalue weighted by molar-refractivity contribution is 0.876. The van der Waals surface area contributed by atoms with Crippen LogP contribution in [0.4, 0.5) is 28.4 Å². The SMILES string of the molecule is C=Cc1ccc(CNc2ccc(C(c3ccc(N(CCC)c4c(C)cc(C)cc4C)cc3)c3ccc(N(CCC)c4c(C)cc(C)cc4C)cc3)c3ccccc23)cc1. The highest BCUT2D eigenvalue weighted by molar-refractivity contribution is 5.97. The maximum absolute atomic E-state index is 3.92. The fourth-order valence-electron chi connectivity index (χ4n) is 9.33. The smallest absolute Gasteiger partial charge is 0.0470 e. The topological polar surface area (TPSA) is 18.5 Å². The average Bonchev–Trinajstić information content (AvgIpc) is 3.23. The normalized spacial score (nSPS) is 11.3. The van der Waals surface area contributed by atoms with E-state index in [4.69, 9.17) is 0 Å². The van der Waals surface area contributed by atoms with Crippen molar-refractivity contribution in [3.05, 3.63) is 201 Å². The first-order chi connectivity index (χ1) is 28.6. The van der Waals surface area contributed by atoms with Gasteiger partial charge in [0.2, 0.25) is 0 Å². The molecule has 0 saturated heterocycles. The molecular formula is C56H61N3. The van der Waals surface area contributed by atoms with Crippen LogP contribution >= 0.6 is 0 Å². The van der Waals surface area contributed by atoms with Gasteiger partial charge in [-0.2, -0.15) is 0 Å². The molecule has 0 atom stereocenters. The standard InChI is InChI=1S/C56H61N3/c1-10-31-58(55-40(6)33-38(4)34-41(55)7)48-25-21-46(22-26-48)54(47-23-27-49(28-24-47)59(32-11-2)56-42(8)35-39(5)36-43(56)9)52-29-30-53(51-16-14-13-15-50(51)52)57-37-45-19-17-44(12-3)18-20-45/h12-30,33-36,54,57H,3,10-11,31-32,37H2,1-2,4-9H3. The number of nitrogens with zero attached hydrogens (tertiary/aromatic N) is 2. The van der Waals surface area contributed by atoms with Crippen molar-refractivity contribution in [3.63, 3.8) is 0 Å². The molecule has 0 radical (unpaired) electrons. The molecule has 7 aromatic rings. The van der Waals surface area contributed by atoms with E-state index in [0.29, 0.717) is 0 Å². The minimum Gasteiger partial charge on any atom is -0.380 e. The van der Waals surface area contributed by atoms with Crippen molar-refractivity contribution in [2.75, 3.05) is 28.2 Å². The summed E-state index contributed by atoms with van der Waals surface area (Å²) in [7, 11) is 0. The summed E-state index contributed by atoms with van der Waals surface area (Å²) < 4.78 is 0. The van der Waals surface area contributed by atoms with Crippen molar-refractivity contribution in [1.82, 2.24) is 0 Å².